The number of rotatable bonds is 2. The lowest BCUT2D eigenvalue weighted by Gasteiger charge is -2.23. The molecule has 1 aliphatic rings. The minimum Gasteiger partial charge on any atom is -0.267 e. The Morgan fingerprint density at radius 1 is 1.50 bits per heavy atom. The average Bonchev–Trinajstić information content (AvgIpc) is 2.53. The van der Waals surface area contributed by atoms with Crippen molar-refractivity contribution in [2.75, 3.05) is 10.1 Å². The van der Waals surface area contributed by atoms with Gasteiger partial charge in [-0.25, -0.2) is 8.42 Å². The topological polar surface area (TPSA) is 37.4 Å². The molecule has 0 bridgehead atoms. The molecule has 88 valence electrons. The number of fused-ring (bicyclic) bond motifs is 1. The summed E-state index contributed by atoms with van der Waals surface area (Å²) >= 11 is 3.40. The van der Waals surface area contributed by atoms with E-state index in [2.05, 4.69) is 15.9 Å². The van der Waals surface area contributed by atoms with Crippen molar-refractivity contribution in [1.29, 1.82) is 0 Å². The van der Waals surface area contributed by atoms with Crippen LogP contribution in [0, 0.1) is 0 Å². The largest absolute Gasteiger partial charge is 0.267 e. The summed E-state index contributed by atoms with van der Waals surface area (Å²) in [5, 5.41) is 0. The first kappa shape index (κ1) is 11.9. The second-order valence-electron chi connectivity index (χ2n) is 4.02. The molecule has 0 spiro atoms. The van der Waals surface area contributed by atoms with Gasteiger partial charge in [0.25, 0.3) is 0 Å². The van der Waals surface area contributed by atoms with Gasteiger partial charge in [0.05, 0.1) is 11.4 Å². The Morgan fingerprint density at radius 3 is 2.81 bits per heavy atom. The minimum absolute atomic E-state index is 0.0225. The first-order valence-electron chi connectivity index (χ1n) is 5.26. The predicted molar refractivity (Wildman–Crippen MR) is 69.2 cm³/mol. The fraction of sp³-hybridized carbons (Fsp3) is 0.455. The van der Waals surface area contributed by atoms with Crippen LogP contribution in [0.5, 0.6) is 0 Å². The van der Waals surface area contributed by atoms with E-state index in [0.29, 0.717) is 0 Å². The third-order valence-electron chi connectivity index (χ3n) is 2.86. The van der Waals surface area contributed by atoms with E-state index in [1.165, 1.54) is 0 Å². The van der Waals surface area contributed by atoms with Crippen LogP contribution in [0.3, 0.4) is 0 Å². The highest BCUT2D eigenvalue weighted by molar-refractivity contribution is 9.10. The Bertz CT molecular complexity index is 513. The van der Waals surface area contributed by atoms with Crippen LogP contribution >= 0.6 is 15.9 Å². The Hall–Kier alpha value is -0.550. The third-order valence-corrected chi connectivity index (χ3v) is 5.24. The molecule has 3 nitrogen and oxygen atoms in total. The molecule has 0 saturated heterocycles. The summed E-state index contributed by atoms with van der Waals surface area (Å²) in [5.41, 5.74) is 1.93. The molecule has 1 aliphatic heterocycles. The van der Waals surface area contributed by atoms with Crippen LogP contribution in [-0.2, 0) is 16.4 Å². The van der Waals surface area contributed by atoms with Crippen molar-refractivity contribution >= 4 is 31.6 Å². The van der Waals surface area contributed by atoms with E-state index in [1.54, 1.807) is 11.2 Å². The van der Waals surface area contributed by atoms with E-state index in [-0.39, 0.29) is 11.8 Å². The van der Waals surface area contributed by atoms with E-state index in [0.717, 1.165) is 22.1 Å². The molecular weight excluding hydrogens is 290 g/mol. The summed E-state index contributed by atoms with van der Waals surface area (Å²) in [6.07, 6.45) is 0.786. The number of benzene rings is 1. The standard InChI is InChI=1S/C11H14BrNO2S/c1-3-16(14,15)13-8(2)6-9-7-10(12)4-5-11(9)13/h4-5,7-8H,3,6H2,1-2H3. The molecule has 1 aromatic carbocycles. The van der Waals surface area contributed by atoms with Crippen LogP contribution in [-0.4, -0.2) is 20.2 Å². The van der Waals surface area contributed by atoms with Gasteiger partial charge in [0.15, 0.2) is 0 Å². The number of hydrogen-bond donors (Lipinski definition) is 0. The normalized spacial score (nSPS) is 19.9. The molecule has 0 aliphatic carbocycles. The molecule has 0 N–H and O–H groups in total. The quantitative estimate of drug-likeness (QED) is 0.842. The molecule has 0 radical (unpaired) electrons. The lowest BCUT2D eigenvalue weighted by Crippen LogP contribution is -2.36. The van der Waals surface area contributed by atoms with Gasteiger partial charge in [-0.05, 0) is 44.0 Å². The minimum atomic E-state index is -3.16. The van der Waals surface area contributed by atoms with Gasteiger partial charge in [0.1, 0.15) is 0 Å². The third kappa shape index (κ3) is 1.86. The zero-order valence-electron chi connectivity index (χ0n) is 9.27. The van der Waals surface area contributed by atoms with Gasteiger partial charge in [-0.3, -0.25) is 4.31 Å². The van der Waals surface area contributed by atoms with Gasteiger partial charge in [-0.1, -0.05) is 15.9 Å². The Kier molecular flexibility index (Phi) is 3.01. The van der Waals surface area contributed by atoms with E-state index >= 15 is 0 Å². The summed E-state index contributed by atoms with van der Waals surface area (Å²) < 4.78 is 26.5. The van der Waals surface area contributed by atoms with Crippen LogP contribution in [0.1, 0.15) is 19.4 Å². The molecule has 1 heterocycles. The molecular formula is C11H14BrNO2S. The Balaban J connectivity index is 2.53. The molecule has 1 atom stereocenters. The van der Waals surface area contributed by atoms with Crippen LogP contribution in [0.2, 0.25) is 0 Å². The molecule has 0 amide bonds. The lowest BCUT2D eigenvalue weighted by atomic mass is 10.1. The van der Waals surface area contributed by atoms with E-state index < -0.39 is 10.0 Å². The lowest BCUT2D eigenvalue weighted by molar-refractivity contribution is 0.585. The van der Waals surface area contributed by atoms with Crippen molar-refractivity contribution in [2.24, 2.45) is 0 Å². The average molecular weight is 304 g/mol. The van der Waals surface area contributed by atoms with Crippen LogP contribution in [0.25, 0.3) is 0 Å². The van der Waals surface area contributed by atoms with E-state index in [4.69, 9.17) is 0 Å². The maximum atomic E-state index is 12.0. The first-order valence-corrected chi connectivity index (χ1v) is 7.66. The molecule has 1 unspecified atom stereocenters. The Morgan fingerprint density at radius 2 is 2.19 bits per heavy atom. The van der Waals surface area contributed by atoms with Crippen molar-refractivity contribution in [3.05, 3.63) is 28.2 Å². The highest BCUT2D eigenvalue weighted by Crippen LogP contribution is 2.36. The number of sulfonamides is 1. The molecule has 16 heavy (non-hydrogen) atoms. The second kappa shape index (κ2) is 4.04. The molecule has 2 rings (SSSR count). The van der Waals surface area contributed by atoms with Crippen LogP contribution in [0.4, 0.5) is 5.69 Å². The van der Waals surface area contributed by atoms with Crippen molar-refractivity contribution < 1.29 is 8.42 Å². The molecule has 0 fully saturated rings. The number of halogens is 1. The summed E-state index contributed by atoms with van der Waals surface area (Å²) in [6, 6.07) is 5.77. The molecule has 1 aromatic rings. The van der Waals surface area contributed by atoms with Gasteiger partial charge in [-0.2, -0.15) is 0 Å². The fourth-order valence-electron chi connectivity index (χ4n) is 2.13. The van der Waals surface area contributed by atoms with Crippen molar-refractivity contribution in [1.82, 2.24) is 0 Å². The SMILES string of the molecule is CCS(=O)(=O)N1c2ccc(Br)cc2CC1C. The highest BCUT2D eigenvalue weighted by Gasteiger charge is 2.33. The number of hydrogen-bond acceptors (Lipinski definition) is 2. The zero-order valence-corrected chi connectivity index (χ0v) is 11.7. The van der Waals surface area contributed by atoms with Gasteiger partial charge < -0.3 is 0 Å². The van der Waals surface area contributed by atoms with Crippen LogP contribution < -0.4 is 4.31 Å². The maximum absolute atomic E-state index is 12.0. The van der Waals surface area contributed by atoms with E-state index in [9.17, 15) is 8.42 Å². The first-order chi connectivity index (χ1) is 7.45. The number of anilines is 1. The highest BCUT2D eigenvalue weighted by atomic mass is 79.9. The van der Waals surface area contributed by atoms with Crippen molar-refractivity contribution in [3.8, 4) is 0 Å². The summed E-state index contributed by atoms with van der Waals surface area (Å²) in [7, 11) is -3.16. The molecule has 5 heteroatoms. The maximum Gasteiger partial charge on any atom is 0.235 e. The van der Waals surface area contributed by atoms with Gasteiger partial charge in [0, 0.05) is 10.5 Å². The van der Waals surface area contributed by atoms with Gasteiger partial charge in [0.2, 0.25) is 10.0 Å². The fourth-order valence-corrected chi connectivity index (χ4v) is 3.92. The summed E-state index contributed by atoms with van der Waals surface area (Å²) in [6.45, 7) is 3.63. The van der Waals surface area contributed by atoms with Gasteiger partial charge >= 0.3 is 0 Å². The van der Waals surface area contributed by atoms with Crippen molar-refractivity contribution in [3.63, 3.8) is 0 Å². The zero-order chi connectivity index (χ0) is 11.9. The smallest absolute Gasteiger partial charge is 0.235 e. The monoisotopic (exact) mass is 303 g/mol. The second-order valence-corrected chi connectivity index (χ2v) is 7.07. The van der Waals surface area contributed by atoms with Crippen molar-refractivity contribution in [2.45, 2.75) is 26.3 Å². The van der Waals surface area contributed by atoms with Gasteiger partial charge in [-0.15, -0.1) is 0 Å². The molecule has 0 aromatic heterocycles. The predicted octanol–water partition coefficient (Wildman–Crippen LogP) is 2.55. The van der Waals surface area contributed by atoms with Crippen LogP contribution in [0.15, 0.2) is 22.7 Å². The number of nitrogens with zero attached hydrogens (tertiary/aromatic N) is 1. The Labute approximate surface area is 105 Å². The van der Waals surface area contributed by atoms with E-state index in [1.807, 2.05) is 25.1 Å². The molecule has 0 saturated carbocycles. The summed E-state index contributed by atoms with van der Waals surface area (Å²) in [4.78, 5) is 0. The summed E-state index contributed by atoms with van der Waals surface area (Å²) in [5.74, 6) is 0.146.